The maximum atomic E-state index is 12.1. The fourth-order valence-electron chi connectivity index (χ4n) is 3.04. The summed E-state index contributed by atoms with van der Waals surface area (Å²) in [5.74, 6) is 0.129. The third kappa shape index (κ3) is 6.51. The van der Waals surface area contributed by atoms with Gasteiger partial charge in [0.2, 0.25) is 5.91 Å². The number of unbranched alkanes of at least 4 members (excludes halogenated alkanes) is 1. The van der Waals surface area contributed by atoms with Crippen molar-refractivity contribution in [2.75, 3.05) is 0 Å². The van der Waals surface area contributed by atoms with Gasteiger partial charge in [-0.05, 0) is 76.2 Å². The van der Waals surface area contributed by atoms with Crippen molar-refractivity contribution in [1.82, 2.24) is 5.32 Å². The Morgan fingerprint density at radius 2 is 1.52 bits per heavy atom. The van der Waals surface area contributed by atoms with E-state index >= 15 is 0 Å². The molecule has 0 atom stereocenters. The molecule has 0 aliphatic heterocycles. The van der Waals surface area contributed by atoms with Crippen molar-refractivity contribution in [1.29, 1.82) is 0 Å². The first kappa shape index (κ1) is 19.6. The van der Waals surface area contributed by atoms with Gasteiger partial charge in [-0.25, -0.2) is 0 Å². The normalized spacial score (nSPS) is 10.6. The average molecular weight is 469 g/mol. The van der Waals surface area contributed by atoms with E-state index in [2.05, 4.69) is 88.6 Å². The zero-order valence-electron chi connectivity index (χ0n) is 15.3. The smallest absolute Gasteiger partial charge is 0.220 e. The molecule has 0 bridgehead atoms. The van der Waals surface area contributed by atoms with Gasteiger partial charge in [-0.15, -0.1) is 0 Å². The van der Waals surface area contributed by atoms with E-state index in [0.29, 0.717) is 13.0 Å². The molecule has 1 N–H and O–H groups in total. The van der Waals surface area contributed by atoms with Gasteiger partial charge in [0, 0.05) is 16.5 Å². The summed E-state index contributed by atoms with van der Waals surface area (Å²) in [7, 11) is 0. The summed E-state index contributed by atoms with van der Waals surface area (Å²) in [4.78, 5) is 12.1. The van der Waals surface area contributed by atoms with Crippen molar-refractivity contribution in [2.24, 2.45) is 0 Å². The number of carbonyl (C=O) groups excluding carboxylic acids is 1. The molecule has 0 aliphatic carbocycles. The lowest BCUT2D eigenvalue weighted by Crippen LogP contribution is -2.22. The van der Waals surface area contributed by atoms with Crippen LogP contribution < -0.4 is 5.32 Å². The summed E-state index contributed by atoms with van der Waals surface area (Å²) in [6, 6.07) is 27.3. The first-order valence-electron chi connectivity index (χ1n) is 9.36. The van der Waals surface area contributed by atoms with E-state index in [4.69, 9.17) is 0 Å². The Balaban J connectivity index is 1.37. The van der Waals surface area contributed by atoms with Gasteiger partial charge in [0.1, 0.15) is 0 Å². The Kier molecular flexibility index (Phi) is 7.45. The van der Waals surface area contributed by atoms with Gasteiger partial charge < -0.3 is 5.32 Å². The molecular formula is C24H24INO. The molecule has 0 heterocycles. The van der Waals surface area contributed by atoms with Crippen LogP contribution in [0, 0.1) is 3.57 Å². The first-order valence-corrected chi connectivity index (χ1v) is 10.4. The average Bonchev–Trinajstić information content (AvgIpc) is 2.71. The molecule has 2 nitrogen and oxygen atoms in total. The van der Waals surface area contributed by atoms with E-state index in [0.717, 1.165) is 24.8 Å². The van der Waals surface area contributed by atoms with E-state index < -0.39 is 0 Å². The van der Waals surface area contributed by atoms with E-state index in [1.165, 1.54) is 20.3 Å². The summed E-state index contributed by atoms with van der Waals surface area (Å²) < 4.78 is 1.26. The van der Waals surface area contributed by atoms with E-state index in [1.54, 1.807) is 0 Å². The van der Waals surface area contributed by atoms with Gasteiger partial charge in [-0.2, -0.15) is 0 Å². The zero-order chi connectivity index (χ0) is 18.9. The SMILES string of the molecule is O=C(CCCCc1cccc(I)c1)NCc1ccc(-c2ccccc2)cc1. The lowest BCUT2D eigenvalue weighted by Gasteiger charge is -2.07. The highest BCUT2D eigenvalue weighted by atomic mass is 127. The van der Waals surface area contributed by atoms with Crippen LogP contribution in [0.2, 0.25) is 0 Å². The van der Waals surface area contributed by atoms with Crippen LogP contribution >= 0.6 is 22.6 Å². The Morgan fingerprint density at radius 3 is 2.26 bits per heavy atom. The number of benzene rings is 3. The molecule has 0 fully saturated rings. The molecule has 3 aromatic rings. The fourth-order valence-corrected chi connectivity index (χ4v) is 3.65. The van der Waals surface area contributed by atoms with Crippen molar-refractivity contribution in [2.45, 2.75) is 32.2 Å². The molecule has 0 saturated heterocycles. The highest BCUT2D eigenvalue weighted by Gasteiger charge is 2.03. The number of nitrogens with one attached hydrogen (secondary N) is 1. The molecule has 3 aromatic carbocycles. The molecule has 3 rings (SSSR count). The standard InChI is InChI=1S/C24H24INO/c25-23-11-6-8-19(17-23)7-4-5-12-24(27)26-18-20-13-15-22(16-14-20)21-9-2-1-3-10-21/h1-3,6,8-11,13-17H,4-5,7,12,18H2,(H,26,27). The van der Waals surface area contributed by atoms with Gasteiger partial charge >= 0.3 is 0 Å². The number of rotatable bonds is 8. The molecule has 138 valence electrons. The van der Waals surface area contributed by atoms with Gasteiger partial charge in [0.05, 0.1) is 0 Å². The van der Waals surface area contributed by atoms with Crippen LogP contribution in [0.1, 0.15) is 30.4 Å². The monoisotopic (exact) mass is 469 g/mol. The summed E-state index contributed by atoms with van der Waals surface area (Å²) in [5, 5.41) is 3.03. The van der Waals surface area contributed by atoms with Crippen LogP contribution in [-0.2, 0) is 17.8 Å². The maximum absolute atomic E-state index is 12.1. The molecule has 3 heteroatoms. The van der Waals surface area contributed by atoms with Crippen molar-refractivity contribution in [3.63, 3.8) is 0 Å². The van der Waals surface area contributed by atoms with Crippen molar-refractivity contribution in [3.8, 4) is 11.1 Å². The third-order valence-corrected chi connectivity index (χ3v) is 5.23. The van der Waals surface area contributed by atoms with E-state index in [9.17, 15) is 4.79 Å². The lowest BCUT2D eigenvalue weighted by molar-refractivity contribution is -0.121. The number of halogens is 1. The topological polar surface area (TPSA) is 29.1 Å². The molecule has 0 radical (unpaired) electrons. The number of aryl methyl sites for hydroxylation is 1. The van der Waals surface area contributed by atoms with Crippen molar-refractivity contribution < 1.29 is 4.79 Å². The molecule has 0 aromatic heterocycles. The summed E-state index contributed by atoms with van der Waals surface area (Å²) in [5.41, 5.74) is 4.88. The largest absolute Gasteiger partial charge is 0.352 e. The molecule has 0 spiro atoms. The second kappa shape index (κ2) is 10.3. The van der Waals surface area contributed by atoms with Crippen molar-refractivity contribution in [3.05, 3.63) is 93.6 Å². The van der Waals surface area contributed by atoms with Gasteiger partial charge in [0.15, 0.2) is 0 Å². The van der Waals surface area contributed by atoms with Crippen LogP contribution in [0.15, 0.2) is 78.9 Å². The quantitative estimate of drug-likeness (QED) is 0.319. The molecule has 27 heavy (non-hydrogen) atoms. The summed E-state index contributed by atoms with van der Waals surface area (Å²) in [6.45, 7) is 0.588. The van der Waals surface area contributed by atoms with Crippen LogP contribution in [-0.4, -0.2) is 5.91 Å². The predicted octanol–water partition coefficient (Wildman–Crippen LogP) is 5.99. The highest BCUT2D eigenvalue weighted by Crippen LogP contribution is 2.19. The molecular weight excluding hydrogens is 445 g/mol. The number of hydrogen-bond donors (Lipinski definition) is 1. The van der Waals surface area contributed by atoms with Crippen molar-refractivity contribution >= 4 is 28.5 Å². The van der Waals surface area contributed by atoms with Crippen LogP contribution in [0.25, 0.3) is 11.1 Å². The van der Waals surface area contributed by atoms with Gasteiger partial charge in [0.25, 0.3) is 0 Å². The van der Waals surface area contributed by atoms with Crippen LogP contribution in [0.5, 0.6) is 0 Å². The first-order chi connectivity index (χ1) is 13.2. The summed E-state index contributed by atoms with van der Waals surface area (Å²) >= 11 is 2.33. The number of amides is 1. The number of hydrogen-bond acceptors (Lipinski definition) is 1. The molecule has 0 aliphatic rings. The lowest BCUT2D eigenvalue weighted by atomic mass is 10.0. The van der Waals surface area contributed by atoms with Crippen LogP contribution in [0.3, 0.4) is 0 Å². The van der Waals surface area contributed by atoms with Crippen LogP contribution in [0.4, 0.5) is 0 Å². The second-order valence-corrected chi connectivity index (χ2v) is 7.92. The maximum Gasteiger partial charge on any atom is 0.220 e. The Morgan fingerprint density at radius 1 is 0.778 bits per heavy atom. The highest BCUT2D eigenvalue weighted by molar-refractivity contribution is 14.1. The minimum absolute atomic E-state index is 0.129. The zero-order valence-corrected chi connectivity index (χ0v) is 17.5. The summed E-state index contributed by atoms with van der Waals surface area (Å²) in [6.07, 6.45) is 3.58. The second-order valence-electron chi connectivity index (χ2n) is 6.68. The molecule has 0 saturated carbocycles. The van der Waals surface area contributed by atoms with E-state index in [1.807, 2.05) is 18.2 Å². The minimum Gasteiger partial charge on any atom is -0.352 e. The minimum atomic E-state index is 0.129. The Labute approximate surface area is 175 Å². The molecule has 1 amide bonds. The Hall–Kier alpha value is -2.14. The van der Waals surface area contributed by atoms with Gasteiger partial charge in [-0.1, -0.05) is 66.7 Å². The number of carbonyl (C=O) groups is 1. The van der Waals surface area contributed by atoms with E-state index in [-0.39, 0.29) is 5.91 Å². The fraction of sp³-hybridized carbons (Fsp3) is 0.208. The molecule has 0 unspecified atom stereocenters. The predicted molar refractivity (Wildman–Crippen MR) is 120 cm³/mol. The third-order valence-electron chi connectivity index (χ3n) is 4.56. The van der Waals surface area contributed by atoms with Gasteiger partial charge in [-0.3, -0.25) is 4.79 Å². The Bertz CT molecular complexity index is 859.